The Morgan fingerprint density at radius 3 is 2.54 bits per heavy atom. The number of aryl methyl sites for hydroxylation is 2. The summed E-state index contributed by atoms with van der Waals surface area (Å²) in [6, 6.07) is 7.69. The fraction of sp³-hybridized carbons (Fsp3) is 0.294. The number of aromatic carboxylic acids is 1. The lowest BCUT2D eigenvalue weighted by Gasteiger charge is -2.06. The fourth-order valence-electron chi connectivity index (χ4n) is 2.58. The summed E-state index contributed by atoms with van der Waals surface area (Å²) in [4.78, 5) is 11.2. The van der Waals surface area contributed by atoms with Crippen molar-refractivity contribution in [3.8, 4) is 16.9 Å². The van der Waals surface area contributed by atoms with Crippen LogP contribution in [0.1, 0.15) is 35.2 Å². The van der Waals surface area contributed by atoms with Crippen molar-refractivity contribution in [1.82, 2.24) is 19.8 Å². The molecule has 0 bridgehead atoms. The van der Waals surface area contributed by atoms with E-state index in [4.69, 9.17) is 9.84 Å². The zero-order valence-electron chi connectivity index (χ0n) is 13.8. The number of hydrogen-bond acceptors (Lipinski definition) is 5. The van der Waals surface area contributed by atoms with Gasteiger partial charge in [0.25, 0.3) is 0 Å². The van der Waals surface area contributed by atoms with Crippen molar-refractivity contribution in [3.63, 3.8) is 0 Å². The summed E-state index contributed by atoms with van der Waals surface area (Å²) in [7, 11) is 0. The molecule has 124 valence electrons. The lowest BCUT2D eigenvalue weighted by molar-refractivity contribution is 0.0687. The van der Waals surface area contributed by atoms with Crippen LogP contribution in [0.3, 0.4) is 0 Å². The third-order valence-electron chi connectivity index (χ3n) is 3.76. The lowest BCUT2D eigenvalue weighted by atomic mass is 10.1. The normalized spacial score (nSPS) is 11.0. The molecule has 7 heteroatoms. The first-order valence-corrected chi connectivity index (χ1v) is 7.72. The number of hydrogen-bond donors (Lipinski definition) is 1. The standard InChI is InChI=1S/C17H18N4O3/c1-4-9-24-13-7-5-12(6-8-13)14-10(2)20-21-11(3)15(17(22)23)18-19-16(14)21/h5-8H,4,9H2,1-3H3,(H,22,23). The minimum atomic E-state index is -1.12. The molecule has 7 nitrogen and oxygen atoms in total. The Morgan fingerprint density at radius 1 is 1.21 bits per heavy atom. The van der Waals surface area contributed by atoms with E-state index in [1.165, 1.54) is 4.52 Å². The highest BCUT2D eigenvalue weighted by Crippen LogP contribution is 2.29. The zero-order valence-corrected chi connectivity index (χ0v) is 13.8. The molecule has 0 aliphatic heterocycles. The van der Waals surface area contributed by atoms with E-state index >= 15 is 0 Å². The van der Waals surface area contributed by atoms with Crippen LogP contribution in [0.5, 0.6) is 5.75 Å². The Morgan fingerprint density at radius 2 is 1.92 bits per heavy atom. The number of fused-ring (bicyclic) bond motifs is 1. The van der Waals surface area contributed by atoms with Crippen LogP contribution in [-0.2, 0) is 0 Å². The van der Waals surface area contributed by atoms with E-state index in [1.807, 2.05) is 31.2 Å². The average molecular weight is 326 g/mol. The van der Waals surface area contributed by atoms with Crippen LogP contribution in [0.4, 0.5) is 0 Å². The van der Waals surface area contributed by atoms with E-state index < -0.39 is 5.97 Å². The van der Waals surface area contributed by atoms with Crippen LogP contribution in [0.15, 0.2) is 24.3 Å². The predicted octanol–water partition coefficient (Wildman–Crippen LogP) is 2.90. The average Bonchev–Trinajstić information content (AvgIpc) is 2.90. The highest BCUT2D eigenvalue weighted by Gasteiger charge is 2.19. The molecule has 0 aliphatic rings. The monoisotopic (exact) mass is 326 g/mol. The quantitative estimate of drug-likeness (QED) is 0.775. The number of carboxylic acid groups (broad SMARTS) is 1. The molecule has 0 atom stereocenters. The second-order valence-corrected chi connectivity index (χ2v) is 5.51. The van der Waals surface area contributed by atoms with Crippen LogP contribution in [0.25, 0.3) is 16.8 Å². The Balaban J connectivity index is 2.08. The maximum atomic E-state index is 11.2. The summed E-state index contributed by atoms with van der Waals surface area (Å²) < 4.78 is 7.12. The van der Waals surface area contributed by atoms with Crippen molar-refractivity contribution in [3.05, 3.63) is 41.3 Å². The number of benzene rings is 1. The van der Waals surface area contributed by atoms with Gasteiger partial charge in [-0.3, -0.25) is 0 Å². The maximum Gasteiger partial charge on any atom is 0.358 e. The van der Waals surface area contributed by atoms with Crippen molar-refractivity contribution in [1.29, 1.82) is 0 Å². The van der Waals surface area contributed by atoms with E-state index in [-0.39, 0.29) is 5.69 Å². The Labute approximate surface area is 138 Å². The molecule has 1 N–H and O–H groups in total. The second-order valence-electron chi connectivity index (χ2n) is 5.51. The molecule has 0 amide bonds. The van der Waals surface area contributed by atoms with Gasteiger partial charge in [0.1, 0.15) is 5.75 Å². The number of carboxylic acids is 1. The molecule has 3 rings (SSSR count). The number of aromatic nitrogens is 4. The van der Waals surface area contributed by atoms with Crippen molar-refractivity contribution in [2.24, 2.45) is 0 Å². The molecule has 1 aromatic carbocycles. The molecular formula is C17H18N4O3. The molecule has 0 unspecified atom stereocenters. The van der Waals surface area contributed by atoms with Gasteiger partial charge in [0.05, 0.1) is 23.6 Å². The maximum absolute atomic E-state index is 11.2. The molecular weight excluding hydrogens is 308 g/mol. The molecule has 2 aromatic heterocycles. The smallest absolute Gasteiger partial charge is 0.358 e. The van der Waals surface area contributed by atoms with E-state index in [9.17, 15) is 4.79 Å². The van der Waals surface area contributed by atoms with Gasteiger partial charge in [0, 0.05) is 0 Å². The minimum Gasteiger partial charge on any atom is -0.494 e. The van der Waals surface area contributed by atoms with Crippen LogP contribution in [0.2, 0.25) is 0 Å². The molecule has 24 heavy (non-hydrogen) atoms. The van der Waals surface area contributed by atoms with Gasteiger partial charge in [-0.25, -0.2) is 9.31 Å². The van der Waals surface area contributed by atoms with Gasteiger partial charge in [-0.2, -0.15) is 5.10 Å². The summed E-state index contributed by atoms with van der Waals surface area (Å²) in [5, 5.41) is 21.5. The van der Waals surface area contributed by atoms with Crippen molar-refractivity contribution in [2.45, 2.75) is 27.2 Å². The fourth-order valence-corrected chi connectivity index (χ4v) is 2.58. The molecule has 0 aliphatic carbocycles. The predicted molar refractivity (Wildman–Crippen MR) is 88.4 cm³/mol. The second kappa shape index (κ2) is 6.27. The Hall–Kier alpha value is -2.96. The van der Waals surface area contributed by atoms with Gasteiger partial charge in [-0.1, -0.05) is 19.1 Å². The molecule has 0 saturated carbocycles. The first kappa shape index (κ1) is 15.9. The summed E-state index contributed by atoms with van der Waals surface area (Å²) in [6.07, 6.45) is 0.954. The molecule has 0 spiro atoms. The highest BCUT2D eigenvalue weighted by molar-refractivity contribution is 5.87. The van der Waals surface area contributed by atoms with E-state index in [2.05, 4.69) is 22.2 Å². The molecule has 3 aromatic rings. The Bertz CT molecular complexity index is 900. The summed E-state index contributed by atoms with van der Waals surface area (Å²) in [6.45, 7) is 6.27. The van der Waals surface area contributed by atoms with Crippen molar-refractivity contribution >= 4 is 11.6 Å². The first-order valence-electron chi connectivity index (χ1n) is 7.72. The van der Waals surface area contributed by atoms with Crippen molar-refractivity contribution in [2.75, 3.05) is 6.61 Å². The third-order valence-corrected chi connectivity index (χ3v) is 3.76. The lowest BCUT2D eigenvalue weighted by Crippen LogP contribution is -2.10. The van der Waals surface area contributed by atoms with Crippen LogP contribution in [0, 0.1) is 13.8 Å². The van der Waals surface area contributed by atoms with E-state index in [0.717, 1.165) is 29.0 Å². The van der Waals surface area contributed by atoms with Gasteiger partial charge in [0.15, 0.2) is 11.3 Å². The Kier molecular flexibility index (Phi) is 4.16. The number of ether oxygens (including phenoxy) is 1. The number of nitrogens with zero attached hydrogens (tertiary/aromatic N) is 4. The molecule has 0 fully saturated rings. The summed E-state index contributed by atoms with van der Waals surface area (Å²) in [5.41, 5.74) is 3.42. The minimum absolute atomic E-state index is 0.0973. The highest BCUT2D eigenvalue weighted by atomic mass is 16.5. The van der Waals surface area contributed by atoms with Crippen LogP contribution < -0.4 is 4.74 Å². The molecule has 0 radical (unpaired) electrons. The SMILES string of the molecule is CCCOc1ccc(-c2c(C)nn3c(C)c(C(=O)O)nnc23)cc1. The number of carbonyl (C=O) groups is 1. The van der Waals surface area contributed by atoms with E-state index in [1.54, 1.807) is 6.92 Å². The summed E-state index contributed by atoms with van der Waals surface area (Å²) >= 11 is 0. The van der Waals surface area contributed by atoms with E-state index in [0.29, 0.717) is 17.9 Å². The van der Waals surface area contributed by atoms with Gasteiger partial charge in [0.2, 0.25) is 0 Å². The third kappa shape index (κ3) is 2.68. The van der Waals surface area contributed by atoms with Gasteiger partial charge < -0.3 is 9.84 Å². The molecule has 0 saturated heterocycles. The zero-order chi connectivity index (χ0) is 17.3. The van der Waals surface area contributed by atoms with Crippen LogP contribution >= 0.6 is 0 Å². The summed E-state index contributed by atoms with van der Waals surface area (Å²) in [5.74, 6) is -0.306. The van der Waals surface area contributed by atoms with Gasteiger partial charge in [-0.15, -0.1) is 10.2 Å². The van der Waals surface area contributed by atoms with Crippen LogP contribution in [-0.4, -0.2) is 37.5 Å². The first-order chi connectivity index (χ1) is 11.5. The molecule has 2 heterocycles. The van der Waals surface area contributed by atoms with Gasteiger partial charge in [-0.05, 0) is 38.0 Å². The van der Waals surface area contributed by atoms with Gasteiger partial charge >= 0.3 is 5.97 Å². The largest absolute Gasteiger partial charge is 0.494 e. The topological polar surface area (TPSA) is 89.6 Å². The van der Waals surface area contributed by atoms with Crippen molar-refractivity contribution < 1.29 is 14.6 Å². The number of rotatable bonds is 5.